The van der Waals surface area contributed by atoms with Crippen LogP contribution in [0.15, 0.2) is 36.4 Å². The Morgan fingerprint density at radius 3 is 2.28 bits per heavy atom. The molecule has 0 atom stereocenters. The van der Waals surface area contributed by atoms with Crippen molar-refractivity contribution < 1.29 is 0 Å². The van der Waals surface area contributed by atoms with Gasteiger partial charge in [-0.25, -0.2) is 9.97 Å². The summed E-state index contributed by atoms with van der Waals surface area (Å²) in [5, 5.41) is 3.34. The van der Waals surface area contributed by atoms with Crippen LogP contribution in [0, 0.1) is 13.8 Å². The van der Waals surface area contributed by atoms with Gasteiger partial charge in [-0.1, -0.05) is 18.2 Å². The van der Waals surface area contributed by atoms with Gasteiger partial charge in [0.25, 0.3) is 0 Å². The van der Waals surface area contributed by atoms with Gasteiger partial charge in [0.1, 0.15) is 0 Å². The number of nitrogens with zero attached hydrogens (tertiary/aromatic N) is 4. The second-order valence-electron chi connectivity index (χ2n) is 6.77. The number of aryl methyl sites for hydroxylation is 2. The monoisotopic (exact) mass is 339 g/mol. The van der Waals surface area contributed by atoms with Crippen LogP contribution in [0.1, 0.15) is 24.2 Å². The summed E-state index contributed by atoms with van der Waals surface area (Å²) in [6.45, 7) is 10.7. The summed E-state index contributed by atoms with van der Waals surface area (Å²) >= 11 is 0. The van der Waals surface area contributed by atoms with Gasteiger partial charge in [0.15, 0.2) is 0 Å². The molecule has 0 radical (unpaired) electrons. The molecule has 1 fully saturated rings. The number of hydrogen-bond donors (Lipinski definition) is 1. The standard InChI is InChI=1S/C20H29N5/c1-17-16-18(2)23-20(22-17)21-10-6-7-11-24-12-14-25(15-13-24)19-8-4-3-5-9-19/h3-5,8-9,16H,6-7,10-15H2,1-2H3,(H,21,22,23). The van der Waals surface area contributed by atoms with E-state index in [1.54, 1.807) is 0 Å². The first-order valence-electron chi connectivity index (χ1n) is 9.29. The molecule has 1 saturated heterocycles. The maximum absolute atomic E-state index is 4.42. The highest BCUT2D eigenvalue weighted by atomic mass is 15.3. The topological polar surface area (TPSA) is 44.3 Å². The van der Waals surface area contributed by atoms with Gasteiger partial charge < -0.3 is 10.2 Å². The van der Waals surface area contributed by atoms with Gasteiger partial charge in [0.05, 0.1) is 0 Å². The molecule has 134 valence electrons. The Hall–Kier alpha value is -2.14. The van der Waals surface area contributed by atoms with E-state index in [1.807, 2.05) is 19.9 Å². The molecular formula is C20H29N5. The zero-order chi connectivity index (χ0) is 17.5. The van der Waals surface area contributed by atoms with Gasteiger partial charge in [-0.3, -0.25) is 4.90 Å². The summed E-state index contributed by atoms with van der Waals surface area (Å²) < 4.78 is 0. The second kappa shape index (κ2) is 8.81. The van der Waals surface area contributed by atoms with E-state index < -0.39 is 0 Å². The molecule has 0 saturated carbocycles. The molecule has 0 bridgehead atoms. The van der Waals surface area contributed by atoms with E-state index in [0.29, 0.717) is 0 Å². The molecule has 0 amide bonds. The first-order chi connectivity index (χ1) is 12.2. The zero-order valence-corrected chi connectivity index (χ0v) is 15.4. The summed E-state index contributed by atoms with van der Waals surface area (Å²) in [7, 11) is 0. The number of anilines is 2. The highest BCUT2D eigenvalue weighted by Gasteiger charge is 2.16. The third-order valence-corrected chi connectivity index (χ3v) is 4.66. The van der Waals surface area contributed by atoms with Crippen molar-refractivity contribution in [3.8, 4) is 0 Å². The molecule has 2 heterocycles. The number of unbranched alkanes of at least 4 members (excludes halogenated alkanes) is 1. The van der Waals surface area contributed by atoms with Crippen LogP contribution >= 0.6 is 0 Å². The Kier molecular flexibility index (Phi) is 6.23. The fourth-order valence-corrected chi connectivity index (χ4v) is 3.33. The van der Waals surface area contributed by atoms with Crippen molar-refractivity contribution in [1.82, 2.24) is 14.9 Å². The Morgan fingerprint density at radius 2 is 1.60 bits per heavy atom. The van der Waals surface area contributed by atoms with Gasteiger partial charge in [0, 0.05) is 49.8 Å². The van der Waals surface area contributed by atoms with Crippen molar-refractivity contribution in [3.63, 3.8) is 0 Å². The quantitative estimate of drug-likeness (QED) is 0.785. The van der Waals surface area contributed by atoms with E-state index in [4.69, 9.17) is 0 Å². The van der Waals surface area contributed by atoms with E-state index >= 15 is 0 Å². The van der Waals surface area contributed by atoms with Crippen molar-refractivity contribution in [3.05, 3.63) is 47.8 Å². The van der Waals surface area contributed by atoms with Gasteiger partial charge in [-0.15, -0.1) is 0 Å². The largest absolute Gasteiger partial charge is 0.369 e. The van der Waals surface area contributed by atoms with Crippen LogP contribution in [0.4, 0.5) is 11.6 Å². The Morgan fingerprint density at radius 1 is 0.920 bits per heavy atom. The number of hydrogen-bond acceptors (Lipinski definition) is 5. The lowest BCUT2D eigenvalue weighted by Gasteiger charge is -2.36. The van der Waals surface area contributed by atoms with E-state index in [9.17, 15) is 0 Å². The lowest BCUT2D eigenvalue weighted by atomic mass is 10.2. The van der Waals surface area contributed by atoms with Gasteiger partial charge in [-0.05, 0) is 51.4 Å². The average molecular weight is 339 g/mol. The maximum atomic E-state index is 4.42. The molecule has 1 aromatic carbocycles. The smallest absolute Gasteiger partial charge is 0.223 e. The van der Waals surface area contributed by atoms with Gasteiger partial charge in [0.2, 0.25) is 5.95 Å². The van der Waals surface area contributed by atoms with Crippen molar-refractivity contribution in [1.29, 1.82) is 0 Å². The Bertz CT molecular complexity index is 630. The minimum Gasteiger partial charge on any atom is -0.369 e. The molecule has 0 spiro atoms. The minimum atomic E-state index is 0.758. The third kappa shape index (κ3) is 5.43. The van der Waals surface area contributed by atoms with Gasteiger partial charge >= 0.3 is 0 Å². The van der Waals surface area contributed by atoms with Crippen LogP contribution < -0.4 is 10.2 Å². The van der Waals surface area contributed by atoms with Crippen molar-refractivity contribution in [2.24, 2.45) is 0 Å². The molecule has 1 aliphatic heterocycles. The van der Waals surface area contributed by atoms with Crippen LogP contribution in [0.2, 0.25) is 0 Å². The van der Waals surface area contributed by atoms with Crippen molar-refractivity contribution in [2.75, 3.05) is 49.5 Å². The number of benzene rings is 1. The normalized spacial score (nSPS) is 15.4. The Labute approximate surface area is 151 Å². The van der Waals surface area contributed by atoms with Crippen LogP contribution in [0.5, 0.6) is 0 Å². The average Bonchev–Trinajstić information content (AvgIpc) is 2.62. The molecule has 5 nitrogen and oxygen atoms in total. The summed E-state index contributed by atoms with van der Waals surface area (Å²) in [6, 6.07) is 12.7. The molecule has 0 unspecified atom stereocenters. The number of nitrogens with one attached hydrogen (secondary N) is 1. The van der Waals surface area contributed by atoms with E-state index in [1.165, 1.54) is 18.7 Å². The minimum absolute atomic E-state index is 0.758. The first-order valence-corrected chi connectivity index (χ1v) is 9.29. The number of para-hydroxylation sites is 1. The van der Waals surface area contributed by atoms with Crippen LogP contribution in [0.3, 0.4) is 0 Å². The molecule has 1 aromatic heterocycles. The molecule has 0 aliphatic carbocycles. The number of rotatable bonds is 7. The molecule has 2 aromatic rings. The van der Waals surface area contributed by atoms with Crippen LogP contribution in [-0.2, 0) is 0 Å². The van der Waals surface area contributed by atoms with Crippen molar-refractivity contribution >= 4 is 11.6 Å². The molecule has 5 heteroatoms. The summed E-state index contributed by atoms with van der Waals surface area (Å²) in [5.41, 5.74) is 3.39. The molecule has 1 aliphatic rings. The van der Waals surface area contributed by atoms with Crippen LogP contribution in [0.25, 0.3) is 0 Å². The maximum Gasteiger partial charge on any atom is 0.223 e. The van der Waals surface area contributed by atoms with Crippen LogP contribution in [-0.4, -0.2) is 54.1 Å². The molecule has 3 rings (SSSR count). The fourth-order valence-electron chi connectivity index (χ4n) is 3.33. The van der Waals surface area contributed by atoms with E-state index in [0.717, 1.165) is 56.5 Å². The highest BCUT2D eigenvalue weighted by molar-refractivity contribution is 5.46. The SMILES string of the molecule is Cc1cc(C)nc(NCCCCN2CCN(c3ccccc3)CC2)n1. The number of piperazine rings is 1. The zero-order valence-electron chi connectivity index (χ0n) is 15.4. The molecule has 25 heavy (non-hydrogen) atoms. The molecule has 1 N–H and O–H groups in total. The van der Waals surface area contributed by atoms with Crippen molar-refractivity contribution in [2.45, 2.75) is 26.7 Å². The summed E-state index contributed by atoms with van der Waals surface area (Å²) in [4.78, 5) is 13.9. The van der Waals surface area contributed by atoms with E-state index in [2.05, 4.69) is 55.4 Å². The summed E-state index contributed by atoms with van der Waals surface area (Å²) in [6.07, 6.45) is 2.36. The molecular weight excluding hydrogens is 310 g/mol. The number of aromatic nitrogens is 2. The second-order valence-corrected chi connectivity index (χ2v) is 6.77. The van der Waals surface area contributed by atoms with E-state index in [-0.39, 0.29) is 0 Å². The highest BCUT2D eigenvalue weighted by Crippen LogP contribution is 2.15. The predicted molar refractivity (Wildman–Crippen MR) is 104 cm³/mol. The Balaban J connectivity index is 1.31. The van der Waals surface area contributed by atoms with Gasteiger partial charge in [-0.2, -0.15) is 0 Å². The predicted octanol–water partition coefficient (Wildman–Crippen LogP) is 3.11. The lowest BCUT2D eigenvalue weighted by Crippen LogP contribution is -2.46. The fraction of sp³-hybridized carbons (Fsp3) is 0.500. The lowest BCUT2D eigenvalue weighted by molar-refractivity contribution is 0.254. The first kappa shape index (κ1) is 17.7. The summed E-state index contributed by atoms with van der Waals surface area (Å²) in [5.74, 6) is 0.758. The third-order valence-electron chi connectivity index (χ3n) is 4.66.